The van der Waals surface area contributed by atoms with Crippen LogP contribution < -0.4 is 0 Å². The van der Waals surface area contributed by atoms with Crippen molar-refractivity contribution in [2.45, 2.75) is 26.2 Å². The number of nitrogens with zero attached hydrogens (tertiary/aromatic N) is 1. The van der Waals surface area contributed by atoms with Gasteiger partial charge < -0.3 is 4.85 Å². The van der Waals surface area contributed by atoms with Gasteiger partial charge in [-0.05, 0) is 26.3 Å². The molecule has 68 valence electrons. The van der Waals surface area contributed by atoms with Crippen molar-refractivity contribution in [2.75, 3.05) is 6.54 Å². The maximum Gasteiger partial charge on any atom is 0.223 e. The van der Waals surface area contributed by atoms with Crippen molar-refractivity contribution >= 4 is 0 Å². The summed E-state index contributed by atoms with van der Waals surface area (Å²) in [5.74, 6) is 0. The van der Waals surface area contributed by atoms with E-state index in [9.17, 15) is 0 Å². The third-order valence-corrected chi connectivity index (χ3v) is 2.31. The number of rotatable bonds is 2. The lowest BCUT2D eigenvalue weighted by Crippen LogP contribution is -2.20. The second-order valence-electron chi connectivity index (χ2n) is 4.07. The van der Waals surface area contributed by atoms with Gasteiger partial charge in [-0.25, -0.2) is 6.57 Å². The predicted octanol–water partition coefficient (Wildman–Crippen LogP) is 3.19. The molecule has 0 fully saturated rings. The molecule has 0 heterocycles. The van der Waals surface area contributed by atoms with Crippen LogP contribution in [0.2, 0.25) is 0 Å². The van der Waals surface area contributed by atoms with Crippen molar-refractivity contribution in [1.82, 2.24) is 0 Å². The fourth-order valence-electron chi connectivity index (χ4n) is 1.29. The van der Waals surface area contributed by atoms with Crippen molar-refractivity contribution in [3.05, 3.63) is 46.8 Å². The molecule has 13 heavy (non-hydrogen) atoms. The highest BCUT2D eigenvalue weighted by atomic mass is 14.7. The minimum Gasteiger partial charge on any atom is -0.316 e. The van der Waals surface area contributed by atoms with Crippen molar-refractivity contribution in [1.29, 1.82) is 0 Å². The molecular formula is C12H15N. The fourth-order valence-corrected chi connectivity index (χ4v) is 1.29. The summed E-state index contributed by atoms with van der Waals surface area (Å²) in [7, 11) is 0. The molecule has 0 aromatic heterocycles. The van der Waals surface area contributed by atoms with Crippen LogP contribution in [-0.2, 0) is 5.41 Å². The van der Waals surface area contributed by atoms with E-state index < -0.39 is 0 Å². The van der Waals surface area contributed by atoms with Crippen molar-refractivity contribution in [2.24, 2.45) is 0 Å². The number of hydrogen-bond donors (Lipinski definition) is 0. The van der Waals surface area contributed by atoms with Crippen molar-refractivity contribution in [3.8, 4) is 0 Å². The molecule has 1 heteroatoms. The van der Waals surface area contributed by atoms with Crippen molar-refractivity contribution in [3.63, 3.8) is 0 Å². The van der Waals surface area contributed by atoms with Crippen LogP contribution in [-0.4, -0.2) is 6.54 Å². The minimum atomic E-state index is -0.0184. The average molecular weight is 173 g/mol. The molecule has 1 aromatic carbocycles. The van der Waals surface area contributed by atoms with Gasteiger partial charge in [-0.1, -0.05) is 29.8 Å². The summed E-state index contributed by atoms with van der Waals surface area (Å²) in [6, 6.07) is 8.42. The molecule has 0 saturated heterocycles. The first-order valence-corrected chi connectivity index (χ1v) is 4.46. The summed E-state index contributed by atoms with van der Waals surface area (Å²) < 4.78 is 0. The van der Waals surface area contributed by atoms with Crippen LogP contribution in [0, 0.1) is 13.5 Å². The first-order chi connectivity index (χ1) is 6.06. The van der Waals surface area contributed by atoms with Crippen molar-refractivity contribution < 1.29 is 0 Å². The Balaban J connectivity index is 2.95. The Morgan fingerprint density at radius 1 is 1.23 bits per heavy atom. The Bertz CT molecular complexity index is 314. The van der Waals surface area contributed by atoms with Gasteiger partial charge in [0.2, 0.25) is 6.54 Å². The lowest BCUT2D eigenvalue weighted by Gasteiger charge is -2.18. The summed E-state index contributed by atoms with van der Waals surface area (Å²) in [5, 5.41) is 0. The molecule has 0 atom stereocenters. The highest BCUT2D eigenvalue weighted by molar-refractivity contribution is 5.28. The highest BCUT2D eigenvalue weighted by Crippen LogP contribution is 2.23. The van der Waals surface area contributed by atoms with E-state index >= 15 is 0 Å². The summed E-state index contributed by atoms with van der Waals surface area (Å²) in [6.45, 7) is 13.7. The van der Waals surface area contributed by atoms with Gasteiger partial charge >= 0.3 is 0 Å². The standard InChI is InChI=1S/C12H15N/c1-10-5-7-11(8-6-10)12(2,3)9-13-4/h5-8H,9H2,1-3H3. The second kappa shape index (κ2) is 3.62. The number of aryl methyl sites for hydroxylation is 1. The Morgan fingerprint density at radius 3 is 2.23 bits per heavy atom. The van der Waals surface area contributed by atoms with Crippen LogP contribution in [0.15, 0.2) is 24.3 Å². The topological polar surface area (TPSA) is 4.36 Å². The second-order valence-corrected chi connectivity index (χ2v) is 4.07. The van der Waals surface area contributed by atoms with Gasteiger partial charge in [-0.2, -0.15) is 0 Å². The maximum atomic E-state index is 6.87. The van der Waals surface area contributed by atoms with E-state index in [0.717, 1.165) is 0 Å². The van der Waals surface area contributed by atoms with Crippen LogP contribution >= 0.6 is 0 Å². The Labute approximate surface area is 80.2 Å². The molecule has 0 bridgehead atoms. The van der Waals surface area contributed by atoms with Gasteiger partial charge in [0.25, 0.3) is 0 Å². The molecule has 0 saturated carbocycles. The zero-order valence-corrected chi connectivity index (χ0v) is 8.46. The summed E-state index contributed by atoms with van der Waals surface area (Å²) in [4.78, 5) is 3.46. The van der Waals surface area contributed by atoms with E-state index in [1.54, 1.807) is 0 Å². The molecule has 1 nitrogen and oxygen atoms in total. The predicted molar refractivity (Wildman–Crippen MR) is 55.7 cm³/mol. The van der Waals surface area contributed by atoms with Gasteiger partial charge in [0, 0.05) is 0 Å². The van der Waals surface area contributed by atoms with Gasteiger partial charge in [0.1, 0.15) is 0 Å². The molecule has 0 N–H and O–H groups in total. The van der Waals surface area contributed by atoms with Gasteiger partial charge in [-0.15, -0.1) is 0 Å². The fraction of sp³-hybridized carbons (Fsp3) is 0.417. The SMILES string of the molecule is [C-]#[N+]CC(C)(C)c1ccc(C)cc1. The molecular weight excluding hydrogens is 158 g/mol. The lowest BCUT2D eigenvalue weighted by atomic mass is 9.84. The van der Waals surface area contributed by atoms with Gasteiger partial charge in [0.15, 0.2) is 0 Å². The summed E-state index contributed by atoms with van der Waals surface area (Å²) in [6.07, 6.45) is 0. The van der Waals surface area contributed by atoms with Crippen LogP contribution in [0.5, 0.6) is 0 Å². The molecule has 0 unspecified atom stereocenters. The van der Waals surface area contributed by atoms with E-state index in [0.29, 0.717) is 6.54 Å². The lowest BCUT2D eigenvalue weighted by molar-refractivity contribution is 0.572. The normalized spacial score (nSPS) is 10.9. The Morgan fingerprint density at radius 2 is 1.77 bits per heavy atom. The number of hydrogen-bond acceptors (Lipinski definition) is 0. The average Bonchev–Trinajstić information content (AvgIpc) is 2.05. The molecule has 0 aliphatic rings. The Hall–Kier alpha value is -1.29. The third kappa shape index (κ3) is 2.32. The summed E-state index contributed by atoms with van der Waals surface area (Å²) >= 11 is 0. The maximum absolute atomic E-state index is 6.87. The molecule has 0 aliphatic carbocycles. The number of benzene rings is 1. The minimum absolute atomic E-state index is 0.0184. The molecule has 1 aromatic rings. The zero-order chi connectivity index (χ0) is 9.90. The van der Waals surface area contributed by atoms with Gasteiger partial charge in [0.05, 0.1) is 5.41 Å². The van der Waals surface area contributed by atoms with Crippen LogP contribution in [0.4, 0.5) is 0 Å². The quantitative estimate of drug-likeness (QED) is 0.605. The van der Waals surface area contributed by atoms with Crippen LogP contribution in [0.1, 0.15) is 25.0 Å². The van der Waals surface area contributed by atoms with Crippen LogP contribution in [0.25, 0.3) is 4.85 Å². The summed E-state index contributed by atoms with van der Waals surface area (Å²) in [5.41, 5.74) is 2.49. The monoisotopic (exact) mass is 173 g/mol. The molecule has 0 radical (unpaired) electrons. The zero-order valence-electron chi connectivity index (χ0n) is 8.46. The highest BCUT2D eigenvalue weighted by Gasteiger charge is 2.23. The molecule has 1 rings (SSSR count). The van der Waals surface area contributed by atoms with Gasteiger partial charge in [-0.3, -0.25) is 0 Å². The first-order valence-electron chi connectivity index (χ1n) is 4.46. The van der Waals surface area contributed by atoms with E-state index in [1.807, 2.05) is 0 Å². The largest absolute Gasteiger partial charge is 0.316 e. The molecule has 0 spiro atoms. The third-order valence-electron chi connectivity index (χ3n) is 2.31. The molecule has 0 amide bonds. The van der Waals surface area contributed by atoms with E-state index in [-0.39, 0.29) is 5.41 Å². The van der Waals surface area contributed by atoms with E-state index in [4.69, 9.17) is 6.57 Å². The smallest absolute Gasteiger partial charge is 0.223 e. The molecule has 0 aliphatic heterocycles. The first kappa shape index (κ1) is 9.80. The van der Waals surface area contributed by atoms with E-state index in [1.165, 1.54) is 11.1 Å². The Kier molecular flexibility index (Phi) is 2.72. The van der Waals surface area contributed by atoms with Crippen LogP contribution in [0.3, 0.4) is 0 Å². The van der Waals surface area contributed by atoms with E-state index in [2.05, 4.69) is 49.9 Å².